The third-order valence-electron chi connectivity index (χ3n) is 4.09. The normalized spacial score (nSPS) is 32.6. The van der Waals surface area contributed by atoms with Gasteiger partial charge in [-0.1, -0.05) is 19.8 Å². The van der Waals surface area contributed by atoms with Crippen LogP contribution in [0, 0.1) is 11.8 Å². The minimum atomic E-state index is -0.599. The van der Waals surface area contributed by atoms with E-state index in [2.05, 4.69) is 5.32 Å². The van der Waals surface area contributed by atoms with Gasteiger partial charge in [-0.3, -0.25) is 4.21 Å². The zero-order chi connectivity index (χ0) is 11.4. The van der Waals surface area contributed by atoms with Crippen molar-refractivity contribution < 1.29 is 4.21 Å². The summed E-state index contributed by atoms with van der Waals surface area (Å²) in [6, 6.07) is 0.716. The first-order valence-electron chi connectivity index (χ1n) is 6.88. The molecule has 0 aromatic rings. The van der Waals surface area contributed by atoms with E-state index < -0.39 is 10.8 Å². The summed E-state index contributed by atoms with van der Waals surface area (Å²) >= 11 is 0. The Morgan fingerprint density at radius 1 is 1.19 bits per heavy atom. The summed E-state index contributed by atoms with van der Waals surface area (Å²) in [7, 11) is -0.599. The molecule has 16 heavy (non-hydrogen) atoms. The Labute approximate surface area is 102 Å². The van der Waals surface area contributed by atoms with Gasteiger partial charge in [-0.25, -0.2) is 0 Å². The fraction of sp³-hybridized carbons (Fsp3) is 1.00. The van der Waals surface area contributed by atoms with Gasteiger partial charge >= 0.3 is 0 Å². The maximum absolute atomic E-state index is 11.3. The minimum Gasteiger partial charge on any atom is -0.313 e. The predicted octanol–water partition coefficient (Wildman–Crippen LogP) is 2.31. The molecule has 0 heterocycles. The monoisotopic (exact) mass is 243 g/mol. The summed E-state index contributed by atoms with van der Waals surface area (Å²) in [6.45, 7) is 2.95. The van der Waals surface area contributed by atoms with Crippen LogP contribution >= 0.6 is 0 Å². The molecule has 2 rings (SSSR count). The lowest BCUT2D eigenvalue weighted by Gasteiger charge is -2.30. The SMILES string of the molecule is CCS(=O)CCNC1CCCC(C2CC2)C1. The van der Waals surface area contributed by atoms with E-state index in [1.54, 1.807) is 0 Å². The van der Waals surface area contributed by atoms with Crippen LogP contribution in [0.3, 0.4) is 0 Å². The van der Waals surface area contributed by atoms with Crippen molar-refractivity contribution in [2.45, 2.75) is 51.5 Å². The van der Waals surface area contributed by atoms with Gasteiger partial charge in [0.2, 0.25) is 0 Å². The van der Waals surface area contributed by atoms with E-state index in [0.717, 1.165) is 29.9 Å². The summed E-state index contributed by atoms with van der Waals surface area (Å²) in [6.07, 6.45) is 8.54. The van der Waals surface area contributed by atoms with E-state index in [4.69, 9.17) is 0 Å². The van der Waals surface area contributed by atoms with Crippen molar-refractivity contribution in [3.63, 3.8) is 0 Å². The molecule has 0 spiro atoms. The summed E-state index contributed by atoms with van der Waals surface area (Å²) in [5.41, 5.74) is 0. The second-order valence-corrected chi connectivity index (χ2v) is 7.21. The summed E-state index contributed by atoms with van der Waals surface area (Å²) in [4.78, 5) is 0. The second-order valence-electron chi connectivity index (χ2n) is 5.35. The molecule has 2 aliphatic carbocycles. The maximum atomic E-state index is 11.3. The largest absolute Gasteiger partial charge is 0.313 e. The molecule has 2 aliphatic rings. The first kappa shape index (κ1) is 12.6. The Hall–Kier alpha value is 0.110. The van der Waals surface area contributed by atoms with E-state index in [0.29, 0.717) is 6.04 Å². The lowest BCUT2D eigenvalue weighted by Crippen LogP contribution is -2.36. The van der Waals surface area contributed by atoms with Crippen LogP contribution in [0.25, 0.3) is 0 Å². The second kappa shape index (κ2) is 6.15. The van der Waals surface area contributed by atoms with E-state index in [1.807, 2.05) is 6.92 Å². The van der Waals surface area contributed by atoms with Gasteiger partial charge in [0.05, 0.1) is 0 Å². The van der Waals surface area contributed by atoms with Crippen LogP contribution in [0.1, 0.15) is 45.4 Å². The first-order chi connectivity index (χ1) is 7.79. The zero-order valence-corrected chi connectivity index (χ0v) is 11.2. The highest BCUT2D eigenvalue weighted by atomic mass is 32.2. The molecule has 3 atom stereocenters. The van der Waals surface area contributed by atoms with E-state index in [1.165, 1.54) is 38.5 Å². The number of hydrogen-bond donors (Lipinski definition) is 1. The lowest BCUT2D eigenvalue weighted by molar-refractivity contribution is 0.264. The van der Waals surface area contributed by atoms with Crippen molar-refractivity contribution in [1.29, 1.82) is 0 Å². The van der Waals surface area contributed by atoms with Gasteiger partial charge in [0.1, 0.15) is 0 Å². The van der Waals surface area contributed by atoms with Crippen molar-refractivity contribution >= 4 is 10.8 Å². The Morgan fingerprint density at radius 3 is 2.69 bits per heavy atom. The van der Waals surface area contributed by atoms with Crippen LogP contribution in [0.15, 0.2) is 0 Å². The quantitative estimate of drug-likeness (QED) is 0.775. The van der Waals surface area contributed by atoms with Crippen LogP contribution < -0.4 is 5.32 Å². The smallest absolute Gasteiger partial charge is 0.0360 e. The van der Waals surface area contributed by atoms with E-state index in [9.17, 15) is 4.21 Å². The van der Waals surface area contributed by atoms with Crippen LogP contribution in [0.5, 0.6) is 0 Å². The summed E-state index contributed by atoms with van der Waals surface area (Å²) in [5, 5.41) is 3.61. The van der Waals surface area contributed by atoms with Crippen LogP contribution in [0.2, 0.25) is 0 Å². The van der Waals surface area contributed by atoms with Gasteiger partial charge in [0.25, 0.3) is 0 Å². The number of rotatable bonds is 6. The Balaban J connectivity index is 1.63. The van der Waals surface area contributed by atoms with Crippen LogP contribution in [-0.2, 0) is 10.8 Å². The molecule has 2 fully saturated rings. The van der Waals surface area contributed by atoms with Crippen LogP contribution in [-0.4, -0.2) is 28.3 Å². The van der Waals surface area contributed by atoms with E-state index in [-0.39, 0.29) is 0 Å². The van der Waals surface area contributed by atoms with Crippen molar-refractivity contribution in [3.8, 4) is 0 Å². The molecular weight excluding hydrogens is 218 g/mol. The van der Waals surface area contributed by atoms with Crippen molar-refractivity contribution in [1.82, 2.24) is 5.32 Å². The highest BCUT2D eigenvalue weighted by Gasteiger charge is 2.34. The van der Waals surface area contributed by atoms with Gasteiger partial charge in [-0.2, -0.15) is 0 Å². The zero-order valence-electron chi connectivity index (χ0n) is 10.4. The predicted molar refractivity (Wildman–Crippen MR) is 70.0 cm³/mol. The highest BCUT2D eigenvalue weighted by Crippen LogP contribution is 2.43. The Morgan fingerprint density at radius 2 is 2.00 bits per heavy atom. The molecule has 0 aliphatic heterocycles. The molecule has 2 nitrogen and oxygen atoms in total. The standard InChI is InChI=1S/C13H25NOS/c1-2-16(15)9-8-14-13-5-3-4-12(10-13)11-6-7-11/h11-14H,2-10H2,1H3. The molecule has 0 aromatic carbocycles. The average Bonchev–Trinajstić information content (AvgIpc) is 3.13. The van der Waals surface area contributed by atoms with Crippen molar-refractivity contribution in [2.75, 3.05) is 18.1 Å². The lowest BCUT2D eigenvalue weighted by atomic mass is 9.83. The third-order valence-corrected chi connectivity index (χ3v) is 5.39. The molecular formula is C13H25NOS. The molecule has 0 aromatic heterocycles. The molecule has 0 amide bonds. The van der Waals surface area contributed by atoms with Gasteiger partial charge in [-0.05, 0) is 37.5 Å². The van der Waals surface area contributed by atoms with Gasteiger partial charge in [0, 0.05) is 34.9 Å². The summed E-state index contributed by atoms with van der Waals surface area (Å²) in [5.74, 6) is 3.70. The minimum absolute atomic E-state index is 0.599. The van der Waals surface area contributed by atoms with Gasteiger partial charge in [-0.15, -0.1) is 0 Å². The molecule has 0 saturated heterocycles. The first-order valence-corrected chi connectivity index (χ1v) is 8.36. The van der Waals surface area contributed by atoms with Gasteiger partial charge in [0.15, 0.2) is 0 Å². The van der Waals surface area contributed by atoms with Gasteiger partial charge < -0.3 is 5.32 Å². The fourth-order valence-electron chi connectivity index (χ4n) is 2.93. The molecule has 0 bridgehead atoms. The molecule has 3 heteroatoms. The number of hydrogen-bond acceptors (Lipinski definition) is 2. The maximum Gasteiger partial charge on any atom is 0.0360 e. The molecule has 3 unspecified atom stereocenters. The van der Waals surface area contributed by atoms with Crippen molar-refractivity contribution in [2.24, 2.45) is 11.8 Å². The summed E-state index contributed by atoms with van der Waals surface area (Å²) < 4.78 is 11.3. The third kappa shape index (κ3) is 3.85. The topological polar surface area (TPSA) is 29.1 Å². The molecule has 0 radical (unpaired) electrons. The van der Waals surface area contributed by atoms with E-state index >= 15 is 0 Å². The highest BCUT2D eigenvalue weighted by molar-refractivity contribution is 7.84. The number of nitrogens with one attached hydrogen (secondary N) is 1. The average molecular weight is 243 g/mol. The Bertz CT molecular complexity index is 240. The Kier molecular flexibility index (Phi) is 4.83. The van der Waals surface area contributed by atoms with Crippen LogP contribution in [0.4, 0.5) is 0 Å². The molecule has 94 valence electrons. The fourth-order valence-corrected chi connectivity index (χ4v) is 3.56. The molecule has 2 saturated carbocycles. The van der Waals surface area contributed by atoms with Crippen molar-refractivity contribution in [3.05, 3.63) is 0 Å². The molecule has 1 N–H and O–H groups in total.